The van der Waals surface area contributed by atoms with Crippen LogP contribution in [0.5, 0.6) is 5.75 Å². The van der Waals surface area contributed by atoms with E-state index in [2.05, 4.69) is 20.9 Å². The van der Waals surface area contributed by atoms with Gasteiger partial charge in [-0.05, 0) is 34.1 Å². The number of rotatable bonds is 3. The normalized spacial score (nSPS) is 10.8. The Balaban J connectivity index is 1.96. The average Bonchev–Trinajstić information content (AvgIpc) is 2.99. The van der Waals surface area contributed by atoms with Gasteiger partial charge in [0.15, 0.2) is 11.6 Å². The van der Waals surface area contributed by atoms with Crippen LogP contribution in [0.1, 0.15) is 9.67 Å². The molecule has 118 valence electrons. The second-order valence-electron chi connectivity index (χ2n) is 4.83. The quantitative estimate of drug-likeness (QED) is 0.657. The molecule has 0 spiro atoms. The maximum absolute atomic E-state index is 13.5. The molecule has 7 heteroatoms. The molecule has 0 atom stereocenters. The van der Waals surface area contributed by atoms with Crippen LogP contribution in [0, 0.1) is 5.82 Å². The van der Waals surface area contributed by atoms with E-state index in [4.69, 9.17) is 4.74 Å². The van der Waals surface area contributed by atoms with E-state index < -0.39 is 5.82 Å². The average molecular weight is 395 g/mol. The van der Waals surface area contributed by atoms with Crippen molar-refractivity contribution in [3.05, 3.63) is 51.8 Å². The fourth-order valence-electron chi connectivity index (χ4n) is 2.17. The molecule has 3 aromatic rings. The number of benzene rings is 1. The molecule has 1 amide bonds. The lowest BCUT2D eigenvalue weighted by atomic mass is 10.2. The Morgan fingerprint density at radius 2 is 2.13 bits per heavy atom. The molecule has 0 bridgehead atoms. The molecular weight excluding hydrogens is 383 g/mol. The van der Waals surface area contributed by atoms with E-state index >= 15 is 0 Å². The molecule has 0 aliphatic carbocycles. The lowest BCUT2D eigenvalue weighted by molar-refractivity contribution is 0.0997. The molecule has 0 aliphatic rings. The Morgan fingerprint density at radius 3 is 2.83 bits per heavy atom. The highest BCUT2D eigenvalue weighted by molar-refractivity contribution is 9.10. The molecule has 0 N–H and O–H groups in total. The molecule has 23 heavy (non-hydrogen) atoms. The van der Waals surface area contributed by atoms with Gasteiger partial charge < -0.3 is 9.64 Å². The highest BCUT2D eigenvalue weighted by Crippen LogP contribution is 2.32. The van der Waals surface area contributed by atoms with Gasteiger partial charge in [-0.1, -0.05) is 0 Å². The standard InChI is InChI=1S/C16H12BrFN2O2S/c1-20(9-3-4-12(18)13(5-9)22-2)16(21)14-6-10-11(17)7-19-8-15(10)23-14/h3-8H,1-2H3. The number of amides is 1. The SMILES string of the molecule is COc1cc(N(C)C(=O)c2cc3c(Br)cncc3s2)ccc1F. The molecule has 0 saturated heterocycles. The zero-order chi connectivity index (χ0) is 16.6. The van der Waals surface area contributed by atoms with Gasteiger partial charge in [0.2, 0.25) is 0 Å². The maximum atomic E-state index is 13.5. The summed E-state index contributed by atoms with van der Waals surface area (Å²) in [5, 5.41) is 0.943. The Bertz CT molecular complexity index is 897. The Kier molecular flexibility index (Phi) is 4.32. The zero-order valence-corrected chi connectivity index (χ0v) is 14.7. The number of carbonyl (C=O) groups is 1. The van der Waals surface area contributed by atoms with Crippen LogP contribution in [0.15, 0.2) is 41.1 Å². The molecule has 1 aromatic carbocycles. The van der Waals surface area contributed by atoms with Crippen molar-refractivity contribution in [1.82, 2.24) is 4.98 Å². The highest BCUT2D eigenvalue weighted by Gasteiger charge is 2.18. The number of hydrogen-bond donors (Lipinski definition) is 0. The summed E-state index contributed by atoms with van der Waals surface area (Å²) in [7, 11) is 3.03. The van der Waals surface area contributed by atoms with Crippen LogP contribution in [0.4, 0.5) is 10.1 Å². The third-order valence-corrected chi connectivity index (χ3v) is 5.12. The number of thiophene rings is 1. The van der Waals surface area contributed by atoms with Crippen molar-refractivity contribution in [1.29, 1.82) is 0 Å². The first-order chi connectivity index (χ1) is 11.0. The van der Waals surface area contributed by atoms with Gasteiger partial charge in [-0.3, -0.25) is 9.78 Å². The van der Waals surface area contributed by atoms with Crippen LogP contribution < -0.4 is 9.64 Å². The summed E-state index contributed by atoms with van der Waals surface area (Å²) in [6.07, 6.45) is 3.42. The van der Waals surface area contributed by atoms with Crippen LogP contribution >= 0.6 is 27.3 Å². The smallest absolute Gasteiger partial charge is 0.268 e. The van der Waals surface area contributed by atoms with E-state index in [9.17, 15) is 9.18 Å². The Morgan fingerprint density at radius 1 is 1.35 bits per heavy atom. The second kappa shape index (κ2) is 6.25. The first kappa shape index (κ1) is 15.9. The molecule has 0 unspecified atom stereocenters. The van der Waals surface area contributed by atoms with Crippen molar-refractivity contribution in [2.75, 3.05) is 19.1 Å². The molecule has 4 nitrogen and oxygen atoms in total. The zero-order valence-electron chi connectivity index (χ0n) is 12.3. The van der Waals surface area contributed by atoms with Crippen molar-refractivity contribution >= 4 is 48.9 Å². The van der Waals surface area contributed by atoms with E-state index in [1.165, 1.54) is 35.5 Å². The van der Waals surface area contributed by atoms with E-state index in [-0.39, 0.29) is 11.7 Å². The molecule has 0 radical (unpaired) electrons. The van der Waals surface area contributed by atoms with Crippen molar-refractivity contribution < 1.29 is 13.9 Å². The van der Waals surface area contributed by atoms with Gasteiger partial charge in [0.1, 0.15) is 0 Å². The molecule has 2 heterocycles. The van der Waals surface area contributed by atoms with Gasteiger partial charge in [-0.15, -0.1) is 11.3 Å². The van der Waals surface area contributed by atoms with E-state index in [1.54, 1.807) is 25.5 Å². The molecule has 3 rings (SSSR count). The summed E-state index contributed by atoms with van der Waals surface area (Å²) in [6.45, 7) is 0. The minimum atomic E-state index is -0.464. The van der Waals surface area contributed by atoms with Gasteiger partial charge in [0, 0.05) is 41.1 Å². The Hall–Kier alpha value is -1.99. The molecule has 0 fully saturated rings. The highest BCUT2D eigenvalue weighted by atomic mass is 79.9. The number of methoxy groups -OCH3 is 1. The van der Waals surface area contributed by atoms with Gasteiger partial charge in [-0.2, -0.15) is 0 Å². The fraction of sp³-hybridized carbons (Fsp3) is 0.125. The molecule has 2 aromatic heterocycles. The van der Waals surface area contributed by atoms with Crippen molar-refractivity contribution in [2.45, 2.75) is 0 Å². The third kappa shape index (κ3) is 2.94. The monoisotopic (exact) mass is 394 g/mol. The van der Waals surface area contributed by atoms with E-state index in [0.29, 0.717) is 10.6 Å². The summed E-state index contributed by atoms with van der Waals surface area (Å²) in [4.78, 5) is 18.8. The number of hydrogen-bond acceptors (Lipinski definition) is 4. The molecule has 0 saturated carbocycles. The summed E-state index contributed by atoms with van der Waals surface area (Å²) < 4.78 is 20.2. The van der Waals surface area contributed by atoms with Crippen LogP contribution in [0.25, 0.3) is 10.1 Å². The first-order valence-corrected chi connectivity index (χ1v) is 8.27. The van der Waals surface area contributed by atoms with E-state index in [0.717, 1.165) is 14.6 Å². The van der Waals surface area contributed by atoms with Crippen LogP contribution in [0.2, 0.25) is 0 Å². The number of fused-ring (bicyclic) bond motifs is 1. The summed E-state index contributed by atoms with van der Waals surface area (Å²) in [5.41, 5.74) is 0.558. The number of halogens is 2. The Labute approximate surface area is 144 Å². The lowest BCUT2D eigenvalue weighted by Crippen LogP contribution is -2.25. The van der Waals surface area contributed by atoms with Crippen molar-refractivity contribution in [3.63, 3.8) is 0 Å². The van der Waals surface area contributed by atoms with Gasteiger partial charge in [-0.25, -0.2) is 4.39 Å². The van der Waals surface area contributed by atoms with Gasteiger partial charge >= 0.3 is 0 Å². The number of pyridine rings is 1. The minimum absolute atomic E-state index is 0.102. The third-order valence-electron chi connectivity index (χ3n) is 3.44. The second-order valence-corrected chi connectivity index (χ2v) is 6.76. The topological polar surface area (TPSA) is 42.4 Å². The summed E-state index contributed by atoms with van der Waals surface area (Å²) >= 11 is 4.80. The number of nitrogens with zero attached hydrogens (tertiary/aromatic N) is 2. The summed E-state index contributed by atoms with van der Waals surface area (Å²) in [5.74, 6) is -0.536. The molecular formula is C16H12BrFN2O2S. The number of anilines is 1. The minimum Gasteiger partial charge on any atom is -0.494 e. The maximum Gasteiger partial charge on any atom is 0.268 e. The van der Waals surface area contributed by atoms with Gasteiger partial charge in [0.25, 0.3) is 5.91 Å². The predicted octanol–water partition coefficient (Wildman–Crippen LogP) is 4.48. The number of ether oxygens (including phenoxy) is 1. The van der Waals surface area contributed by atoms with Gasteiger partial charge in [0.05, 0.1) is 16.7 Å². The van der Waals surface area contributed by atoms with E-state index in [1.807, 2.05) is 6.07 Å². The number of aromatic nitrogens is 1. The van der Waals surface area contributed by atoms with Crippen molar-refractivity contribution in [2.24, 2.45) is 0 Å². The lowest BCUT2D eigenvalue weighted by Gasteiger charge is -2.17. The molecule has 0 aliphatic heterocycles. The van der Waals surface area contributed by atoms with Crippen LogP contribution in [0.3, 0.4) is 0 Å². The van der Waals surface area contributed by atoms with Crippen molar-refractivity contribution in [3.8, 4) is 5.75 Å². The van der Waals surface area contributed by atoms with Crippen LogP contribution in [-0.4, -0.2) is 25.0 Å². The fourth-order valence-corrected chi connectivity index (χ4v) is 3.78. The van der Waals surface area contributed by atoms with Crippen LogP contribution in [-0.2, 0) is 0 Å². The number of carbonyl (C=O) groups excluding carboxylic acids is 1. The summed E-state index contributed by atoms with van der Waals surface area (Å²) in [6, 6.07) is 6.15. The first-order valence-electron chi connectivity index (χ1n) is 6.66. The largest absolute Gasteiger partial charge is 0.494 e. The predicted molar refractivity (Wildman–Crippen MR) is 93.0 cm³/mol.